The summed E-state index contributed by atoms with van der Waals surface area (Å²) in [5, 5.41) is 23.6. The molecule has 1 amide bonds. The number of carbonyl (C=O) groups is 1. The summed E-state index contributed by atoms with van der Waals surface area (Å²) < 4.78 is 22.2. The molecular weight excluding hydrogens is 283 g/mol. The molecule has 4 N–H and O–H groups in total. The number of carbonyl (C=O) groups excluding carboxylic acids is 1. The first-order valence-electron chi connectivity index (χ1n) is 6.04. The summed E-state index contributed by atoms with van der Waals surface area (Å²) in [6.45, 7) is 0.193. The second-order valence-electron chi connectivity index (χ2n) is 4.84. The summed E-state index contributed by atoms with van der Waals surface area (Å²) in [7, 11) is -5.34. The normalized spacial score (nSPS) is 19.4. The van der Waals surface area contributed by atoms with E-state index in [9.17, 15) is 23.3 Å². The van der Waals surface area contributed by atoms with Gasteiger partial charge in [-0.2, -0.15) is 0 Å². The van der Waals surface area contributed by atoms with Crippen LogP contribution in [0.3, 0.4) is 0 Å². The number of nitrogens with two attached hydrogens (primary N) is 1. The van der Waals surface area contributed by atoms with E-state index in [0.717, 1.165) is 0 Å². The molecule has 1 aromatic carbocycles. The van der Waals surface area contributed by atoms with E-state index in [1.807, 2.05) is 0 Å². The Balaban J connectivity index is 2.24. The van der Waals surface area contributed by atoms with Crippen molar-refractivity contribution in [1.29, 1.82) is 0 Å². The lowest BCUT2D eigenvalue weighted by Crippen LogP contribution is -2.38. The van der Waals surface area contributed by atoms with Crippen molar-refractivity contribution in [3.8, 4) is 0 Å². The van der Waals surface area contributed by atoms with Crippen molar-refractivity contribution in [3.05, 3.63) is 24.3 Å². The van der Waals surface area contributed by atoms with Crippen LogP contribution in [0.15, 0.2) is 24.3 Å². The Morgan fingerprint density at radius 3 is 2.60 bits per heavy atom. The maximum absolute atomic E-state index is 12.0. The van der Waals surface area contributed by atoms with Crippen LogP contribution < -0.4 is 15.5 Å². The van der Waals surface area contributed by atoms with Crippen LogP contribution in [0, 0.1) is 5.92 Å². The zero-order valence-electron chi connectivity index (χ0n) is 10.6. The van der Waals surface area contributed by atoms with Crippen molar-refractivity contribution < 1.29 is 23.3 Å². The fraction of sp³-hybridized carbons (Fsp3) is 0.364. The highest BCUT2D eigenvalue weighted by Crippen LogP contribution is 2.24. The smallest absolute Gasteiger partial charge is 0.423 e. The molecule has 0 saturated carbocycles. The zero-order valence-corrected chi connectivity index (χ0v) is 11.5. The van der Waals surface area contributed by atoms with Gasteiger partial charge in [-0.1, -0.05) is 18.2 Å². The van der Waals surface area contributed by atoms with E-state index >= 15 is 0 Å². The van der Waals surface area contributed by atoms with Gasteiger partial charge in [-0.15, -0.1) is 0 Å². The summed E-state index contributed by atoms with van der Waals surface area (Å²) in [6.07, 6.45) is 0.0757. The predicted octanol–water partition coefficient (Wildman–Crippen LogP) is -1.99. The predicted molar refractivity (Wildman–Crippen MR) is 74.7 cm³/mol. The number of rotatable bonds is 4. The standard InChI is InChI=1S/C11H15BN2O5S/c13-20(18,19)7-8-5-11(15)14(6-8)10-4-2-1-3-9(10)12(16)17/h1-4,8,16-17H,5-7H2,(H2,13,18,19). The van der Waals surface area contributed by atoms with Gasteiger partial charge in [0.15, 0.2) is 0 Å². The Hall–Kier alpha value is -1.42. The molecule has 0 radical (unpaired) electrons. The summed E-state index contributed by atoms with van der Waals surface area (Å²) in [5.74, 6) is -0.910. The summed E-state index contributed by atoms with van der Waals surface area (Å²) in [6, 6.07) is 6.38. The SMILES string of the molecule is NS(=O)(=O)CC1CC(=O)N(c2ccccc2B(O)O)C1. The number of benzene rings is 1. The number of hydrogen-bond donors (Lipinski definition) is 3. The molecule has 0 spiro atoms. The molecule has 108 valence electrons. The average molecular weight is 298 g/mol. The van der Waals surface area contributed by atoms with Gasteiger partial charge in [0.1, 0.15) is 0 Å². The molecule has 7 nitrogen and oxygen atoms in total. The van der Waals surface area contributed by atoms with Crippen LogP contribution in [0.4, 0.5) is 5.69 Å². The minimum atomic E-state index is -3.64. The molecule has 1 unspecified atom stereocenters. The number of nitrogens with zero attached hydrogens (tertiary/aromatic N) is 1. The van der Waals surface area contributed by atoms with E-state index in [2.05, 4.69) is 0 Å². The summed E-state index contributed by atoms with van der Waals surface area (Å²) in [4.78, 5) is 13.3. The van der Waals surface area contributed by atoms with Gasteiger partial charge in [-0.3, -0.25) is 4.79 Å². The first-order chi connectivity index (χ1) is 9.28. The Labute approximate surface area is 117 Å². The summed E-state index contributed by atoms with van der Waals surface area (Å²) in [5.41, 5.74) is 0.585. The number of para-hydroxylation sites is 1. The van der Waals surface area contributed by atoms with Crippen molar-refractivity contribution in [2.75, 3.05) is 17.2 Å². The number of amides is 1. The van der Waals surface area contributed by atoms with Gasteiger partial charge in [0, 0.05) is 30.0 Å². The van der Waals surface area contributed by atoms with Crippen molar-refractivity contribution in [2.45, 2.75) is 6.42 Å². The van der Waals surface area contributed by atoms with Crippen molar-refractivity contribution in [2.24, 2.45) is 11.1 Å². The Kier molecular flexibility index (Phi) is 4.14. The molecule has 1 saturated heterocycles. The zero-order chi connectivity index (χ0) is 14.9. The fourth-order valence-electron chi connectivity index (χ4n) is 2.41. The largest absolute Gasteiger partial charge is 0.490 e. The monoisotopic (exact) mass is 298 g/mol. The quantitative estimate of drug-likeness (QED) is 0.556. The van der Waals surface area contributed by atoms with Gasteiger partial charge in [0.05, 0.1) is 5.75 Å². The van der Waals surface area contributed by atoms with Gasteiger partial charge >= 0.3 is 7.12 Å². The van der Waals surface area contributed by atoms with E-state index in [4.69, 9.17) is 5.14 Å². The highest BCUT2D eigenvalue weighted by Gasteiger charge is 2.34. The van der Waals surface area contributed by atoms with Gasteiger partial charge in [-0.05, 0) is 6.07 Å². The lowest BCUT2D eigenvalue weighted by Gasteiger charge is -2.20. The number of hydrogen-bond acceptors (Lipinski definition) is 5. The Bertz CT molecular complexity index is 619. The second-order valence-corrected chi connectivity index (χ2v) is 6.50. The van der Waals surface area contributed by atoms with Crippen molar-refractivity contribution in [1.82, 2.24) is 0 Å². The van der Waals surface area contributed by atoms with Gasteiger partial charge in [0.2, 0.25) is 15.9 Å². The third kappa shape index (κ3) is 3.37. The average Bonchev–Trinajstić information content (AvgIpc) is 2.67. The molecule has 0 aromatic heterocycles. The minimum Gasteiger partial charge on any atom is -0.423 e. The highest BCUT2D eigenvalue weighted by molar-refractivity contribution is 7.89. The molecular formula is C11H15BN2O5S. The van der Waals surface area contributed by atoms with E-state index in [-0.39, 0.29) is 36.0 Å². The van der Waals surface area contributed by atoms with Crippen molar-refractivity contribution >= 4 is 34.2 Å². The fourth-order valence-corrected chi connectivity index (χ4v) is 3.29. The molecule has 1 fully saturated rings. The van der Waals surface area contributed by atoms with Crippen LogP contribution >= 0.6 is 0 Å². The lowest BCUT2D eigenvalue weighted by molar-refractivity contribution is -0.117. The van der Waals surface area contributed by atoms with Crippen LogP contribution in [0.25, 0.3) is 0 Å². The topological polar surface area (TPSA) is 121 Å². The molecule has 9 heteroatoms. The van der Waals surface area contributed by atoms with E-state index in [1.54, 1.807) is 18.2 Å². The molecule has 1 aliphatic heterocycles. The van der Waals surface area contributed by atoms with Crippen LogP contribution in [0.2, 0.25) is 0 Å². The minimum absolute atomic E-state index is 0.0757. The maximum Gasteiger partial charge on any atom is 0.490 e. The molecule has 1 heterocycles. The molecule has 20 heavy (non-hydrogen) atoms. The van der Waals surface area contributed by atoms with Crippen LogP contribution in [-0.2, 0) is 14.8 Å². The molecule has 2 rings (SSSR count). The van der Waals surface area contributed by atoms with Gasteiger partial charge in [0.25, 0.3) is 0 Å². The third-order valence-electron chi connectivity index (χ3n) is 3.18. The molecule has 0 bridgehead atoms. The van der Waals surface area contributed by atoms with Crippen molar-refractivity contribution in [3.63, 3.8) is 0 Å². The van der Waals surface area contributed by atoms with Crippen LogP contribution in [0.5, 0.6) is 0 Å². The van der Waals surface area contributed by atoms with Crippen LogP contribution in [-0.4, -0.2) is 43.8 Å². The van der Waals surface area contributed by atoms with E-state index in [0.29, 0.717) is 5.69 Å². The number of anilines is 1. The lowest BCUT2D eigenvalue weighted by atomic mass is 9.78. The maximum atomic E-state index is 12.0. The van der Waals surface area contributed by atoms with Gasteiger partial charge in [-0.25, -0.2) is 13.6 Å². The Morgan fingerprint density at radius 1 is 1.35 bits per heavy atom. The third-order valence-corrected chi connectivity index (χ3v) is 4.11. The first-order valence-corrected chi connectivity index (χ1v) is 7.75. The van der Waals surface area contributed by atoms with Gasteiger partial charge < -0.3 is 14.9 Å². The molecule has 1 aliphatic rings. The van der Waals surface area contributed by atoms with Crippen LogP contribution in [0.1, 0.15) is 6.42 Å². The molecule has 0 aliphatic carbocycles. The first kappa shape index (κ1) is 15.0. The second kappa shape index (κ2) is 5.53. The molecule has 1 aromatic rings. The van der Waals surface area contributed by atoms with E-state index < -0.39 is 17.1 Å². The number of primary sulfonamides is 1. The Morgan fingerprint density at radius 2 is 2.00 bits per heavy atom. The highest BCUT2D eigenvalue weighted by atomic mass is 32.2. The number of sulfonamides is 1. The molecule has 1 atom stereocenters. The summed E-state index contributed by atoms with van der Waals surface area (Å²) >= 11 is 0. The van der Waals surface area contributed by atoms with E-state index in [1.165, 1.54) is 11.0 Å².